The molecule has 30 heavy (non-hydrogen) atoms. The Labute approximate surface area is 177 Å². The van der Waals surface area contributed by atoms with Gasteiger partial charge in [-0.2, -0.15) is 0 Å². The van der Waals surface area contributed by atoms with E-state index in [9.17, 15) is 9.18 Å². The van der Waals surface area contributed by atoms with Crippen LogP contribution in [0.25, 0.3) is 10.9 Å². The number of anilines is 2. The van der Waals surface area contributed by atoms with Crippen LogP contribution in [0.5, 0.6) is 11.5 Å². The summed E-state index contributed by atoms with van der Waals surface area (Å²) in [6.07, 6.45) is 5.23. The first-order valence-electron chi connectivity index (χ1n) is 9.15. The predicted molar refractivity (Wildman–Crippen MR) is 112 cm³/mol. The first kappa shape index (κ1) is 19.9. The summed E-state index contributed by atoms with van der Waals surface area (Å²) in [5, 5.41) is 3.63. The number of fused-ring (bicyclic) bond motifs is 1. The van der Waals surface area contributed by atoms with E-state index in [0.29, 0.717) is 41.3 Å². The van der Waals surface area contributed by atoms with Crippen LogP contribution in [0.3, 0.4) is 0 Å². The SMILES string of the molecule is COc1cc2ncnc(Nc3cccc(Cl)c3F)c2cc1OC1CN(C=CC=O)C1. The van der Waals surface area contributed by atoms with E-state index < -0.39 is 5.82 Å². The number of rotatable bonds is 7. The number of aromatic nitrogens is 2. The van der Waals surface area contributed by atoms with Gasteiger partial charge in [0, 0.05) is 17.7 Å². The first-order chi connectivity index (χ1) is 14.6. The third kappa shape index (κ3) is 3.99. The summed E-state index contributed by atoms with van der Waals surface area (Å²) in [4.78, 5) is 20.9. The van der Waals surface area contributed by atoms with E-state index in [-0.39, 0.29) is 16.8 Å². The van der Waals surface area contributed by atoms with Gasteiger partial charge in [-0.25, -0.2) is 14.4 Å². The minimum atomic E-state index is -0.561. The number of ether oxygens (including phenoxy) is 2. The van der Waals surface area contributed by atoms with Crippen molar-refractivity contribution in [3.05, 3.63) is 59.8 Å². The number of allylic oxidation sites excluding steroid dienone is 1. The van der Waals surface area contributed by atoms with Gasteiger partial charge in [0.2, 0.25) is 0 Å². The molecular weight excluding hydrogens is 411 g/mol. The second kappa shape index (κ2) is 8.54. The standard InChI is InChI=1S/C21H18ClFN4O3/c1-29-18-9-17-14(8-19(18)30-13-10-27(11-13)6-3-7-28)21(25-12-24-17)26-16-5-2-4-15(22)20(16)23/h2-9,12-13H,10-11H2,1H3,(H,24,25,26). The molecule has 1 N–H and O–H groups in total. The van der Waals surface area contributed by atoms with Gasteiger partial charge in [-0.15, -0.1) is 0 Å². The Kier molecular flexibility index (Phi) is 5.67. The van der Waals surface area contributed by atoms with Crippen molar-refractivity contribution in [2.75, 3.05) is 25.5 Å². The molecule has 1 fully saturated rings. The monoisotopic (exact) mass is 428 g/mol. The fraction of sp³-hybridized carbons (Fsp3) is 0.190. The summed E-state index contributed by atoms with van der Waals surface area (Å²) in [5.41, 5.74) is 0.820. The molecule has 1 aliphatic rings. The minimum Gasteiger partial charge on any atom is -0.493 e. The van der Waals surface area contributed by atoms with E-state index in [1.165, 1.54) is 18.5 Å². The fourth-order valence-electron chi connectivity index (χ4n) is 3.15. The molecule has 154 valence electrons. The lowest BCUT2D eigenvalue weighted by molar-refractivity contribution is -0.104. The average Bonchev–Trinajstić information content (AvgIpc) is 2.72. The van der Waals surface area contributed by atoms with E-state index in [4.69, 9.17) is 21.1 Å². The van der Waals surface area contributed by atoms with Crippen LogP contribution in [0.1, 0.15) is 0 Å². The van der Waals surface area contributed by atoms with Gasteiger partial charge >= 0.3 is 0 Å². The number of aldehydes is 1. The second-order valence-corrected chi connectivity index (χ2v) is 7.05. The predicted octanol–water partition coefficient (Wildman–Crippen LogP) is 3.95. The van der Waals surface area contributed by atoms with Crippen LogP contribution in [-0.2, 0) is 4.79 Å². The quantitative estimate of drug-likeness (QED) is 0.451. The Morgan fingerprint density at radius 1 is 1.27 bits per heavy atom. The van der Waals surface area contributed by atoms with Crippen molar-refractivity contribution in [1.29, 1.82) is 0 Å². The number of likely N-dealkylation sites (tertiary alicyclic amines) is 1. The number of carbonyl (C=O) groups is 1. The third-order valence-electron chi connectivity index (χ3n) is 4.67. The van der Waals surface area contributed by atoms with Gasteiger partial charge in [0.15, 0.2) is 17.3 Å². The zero-order valence-corrected chi connectivity index (χ0v) is 16.8. The Hall–Kier alpha value is -3.39. The molecule has 0 spiro atoms. The van der Waals surface area contributed by atoms with Gasteiger partial charge in [-0.3, -0.25) is 4.79 Å². The van der Waals surface area contributed by atoms with Gasteiger partial charge in [0.05, 0.1) is 36.4 Å². The zero-order valence-electron chi connectivity index (χ0n) is 16.0. The number of carbonyl (C=O) groups excluding carboxylic acids is 1. The molecule has 1 aliphatic heterocycles. The van der Waals surface area contributed by atoms with E-state index in [1.54, 1.807) is 37.6 Å². The molecule has 7 nitrogen and oxygen atoms in total. The van der Waals surface area contributed by atoms with Crippen molar-refractivity contribution in [1.82, 2.24) is 14.9 Å². The molecular formula is C21H18ClFN4O3. The highest BCUT2D eigenvalue weighted by molar-refractivity contribution is 6.31. The molecule has 0 bridgehead atoms. The molecule has 0 atom stereocenters. The number of hydrogen-bond donors (Lipinski definition) is 1. The average molecular weight is 429 g/mol. The van der Waals surface area contributed by atoms with Crippen molar-refractivity contribution >= 4 is 40.3 Å². The van der Waals surface area contributed by atoms with Gasteiger partial charge in [0.25, 0.3) is 0 Å². The molecule has 1 aromatic heterocycles. The van der Waals surface area contributed by atoms with E-state index >= 15 is 0 Å². The lowest BCUT2D eigenvalue weighted by Crippen LogP contribution is -2.50. The first-order valence-corrected chi connectivity index (χ1v) is 9.53. The van der Waals surface area contributed by atoms with Crippen molar-refractivity contribution in [2.45, 2.75) is 6.10 Å². The Morgan fingerprint density at radius 2 is 2.10 bits per heavy atom. The maximum Gasteiger partial charge on any atom is 0.165 e. The molecule has 0 saturated carbocycles. The summed E-state index contributed by atoms with van der Waals surface area (Å²) in [5.74, 6) is 0.910. The van der Waals surface area contributed by atoms with Crippen molar-refractivity contribution in [2.24, 2.45) is 0 Å². The topological polar surface area (TPSA) is 76.6 Å². The van der Waals surface area contributed by atoms with Crippen LogP contribution in [0.4, 0.5) is 15.9 Å². The summed E-state index contributed by atoms with van der Waals surface area (Å²) in [6.45, 7) is 1.30. The molecule has 9 heteroatoms. The van der Waals surface area contributed by atoms with E-state index in [2.05, 4.69) is 15.3 Å². The van der Waals surface area contributed by atoms with Crippen LogP contribution >= 0.6 is 11.6 Å². The lowest BCUT2D eigenvalue weighted by Gasteiger charge is -2.38. The van der Waals surface area contributed by atoms with Crippen molar-refractivity contribution < 1.29 is 18.7 Å². The largest absolute Gasteiger partial charge is 0.493 e. The summed E-state index contributed by atoms with van der Waals surface area (Å²) in [7, 11) is 1.55. The molecule has 0 radical (unpaired) electrons. The number of hydrogen-bond acceptors (Lipinski definition) is 7. The molecule has 0 unspecified atom stereocenters. The Morgan fingerprint density at radius 3 is 2.87 bits per heavy atom. The summed E-state index contributed by atoms with van der Waals surface area (Å²) >= 11 is 5.87. The normalized spacial score (nSPS) is 14.0. The fourth-order valence-corrected chi connectivity index (χ4v) is 3.32. The number of nitrogens with zero attached hydrogens (tertiary/aromatic N) is 3. The highest BCUT2D eigenvalue weighted by Crippen LogP contribution is 2.36. The van der Waals surface area contributed by atoms with Crippen LogP contribution < -0.4 is 14.8 Å². The number of halogens is 2. The molecule has 2 heterocycles. The summed E-state index contributed by atoms with van der Waals surface area (Å²) < 4.78 is 25.8. The van der Waals surface area contributed by atoms with Crippen LogP contribution in [0.15, 0.2) is 48.9 Å². The van der Waals surface area contributed by atoms with Crippen molar-refractivity contribution in [3.63, 3.8) is 0 Å². The van der Waals surface area contributed by atoms with Gasteiger partial charge in [-0.05, 0) is 24.3 Å². The Bertz CT molecular complexity index is 1120. The molecule has 2 aromatic carbocycles. The highest BCUT2D eigenvalue weighted by Gasteiger charge is 2.27. The lowest BCUT2D eigenvalue weighted by atomic mass is 10.1. The number of methoxy groups -OCH3 is 1. The molecule has 1 saturated heterocycles. The highest BCUT2D eigenvalue weighted by atomic mass is 35.5. The van der Waals surface area contributed by atoms with E-state index in [1.807, 2.05) is 4.90 Å². The maximum absolute atomic E-state index is 14.3. The summed E-state index contributed by atoms with van der Waals surface area (Å²) in [6, 6.07) is 8.21. The van der Waals surface area contributed by atoms with E-state index in [0.717, 1.165) is 6.29 Å². The molecule has 0 aliphatic carbocycles. The van der Waals surface area contributed by atoms with Gasteiger partial charge < -0.3 is 19.7 Å². The van der Waals surface area contributed by atoms with Crippen molar-refractivity contribution in [3.8, 4) is 11.5 Å². The zero-order chi connectivity index (χ0) is 21.1. The number of nitrogens with one attached hydrogen (secondary N) is 1. The van der Waals surface area contributed by atoms with Crippen LogP contribution in [0.2, 0.25) is 5.02 Å². The Balaban J connectivity index is 1.63. The maximum atomic E-state index is 14.3. The second-order valence-electron chi connectivity index (χ2n) is 6.64. The van der Waals surface area contributed by atoms with Crippen LogP contribution in [0, 0.1) is 5.82 Å². The third-order valence-corrected chi connectivity index (χ3v) is 4.96. The molecule has 4 rings (SSSR count). The minimum absolute atomic E-state index is 0.0159. The molecule has 3 aromatic rings. The van der Waals surface area contributed by atoms with Gasteiger partial charge in [-0.1, -0.05) is 17.7 Å². The smallest absolute Gasteiger partial charge is 0.165 e. The molecule has 0 amide bonds. The van der Waals surface area contributed by atoms with Gasteiger partial charge in [0.1, 0.15) is 24.5 Å². The number of benzene rings is 2. The van der Waals surface area contributed by atoms with Crippen LogP contribution in [-0.4, -0.2) is 47.5 Å².